The Bertz CT molecular complexity index is 429. The first-order valence-corrected chi connectivity index (χ1v) is 4.94. The van der Waals surface area contributed by atoms with Crippen molar-refractivity contribution in [3.63, 3.8) is 0 Å². The molecule has 1 N–H and O–H groups in total. The number of amides is 1. The molecule has 0 aliphatic heterocycles. The molecule has 1 aromatic carbocycles. The van der Waals surface area contributed by atoms with Gasteiger partial charge in [0.25, 0.3) is 0 Å². The number of nitrogens with one attached hydrogen (secondary N) is 1. The van der Waals surface area contributed by atoms with Gasteiger partial charge in [0.05, 0.1) is 11.3 Å². The Hall–Kier alpha value is -1.30. The number of alkyl halides is 3. The van der Waals surface area contributed by atoms with Crippen molar-refractivity contribution in [2.75, 3.05) is 5.32 Å². The van der Waals surface area contributed by atoms with E-state index in [9.17, 15) is 18.0 Å². The van der Waals surface area contributed by atoms with Crippen molar-refractivity contribution in [1.82, 2.24) is 0 Å². The molecule has 6 heteroatoms. The summed E-state index contributed by atoms with van der Waals surface area (Å²) >= 11 is 3.04. The monoisotopic (exact) mass is 293 g/mol. The smallest absolute Gasteiger partial charge is 0.321 e. The van der Waals surface area contributed by atoms with Crippen molar-refractivity contribution in [1.29, 1.82) is 0 Å². The molecule has 0 aromatic heterocycles. The number of anilines is 1. The Morgan fingerprint density at radius 3 is 2.56 bits per heavy atom. The highest BCUT2D eigenvalue weighted by Gasteiger charge is 2.30. The second kappa shape index (κ2) is 4.69. The molecule has 2 nitrogen and oxygen atoms in total. The minimum atomic E-state index is -4.44. The lowest BCUT2D eigenvalue weighted by Gasteiger charge is -2.10. The van der Waals surface area contributed by atoms with Crippen LogP contribution in [0.3, 0.4) is 0 Å². The summed E-state index contributed by atoms with van der Waals surface area (Å²) in [5.74, 6) is -0.569. The molecule has 0 unspecified atom stereocenters. The second-order valence-electron chi connectivity index (χ2n) is 2.89. The fourth-order valence-electron chi connectivity index (χ4n) is 0.981. The summed E-state index contributed by atoms with van der Waals surface area (Å²) in [7, 11) is 0. The highest BCUT2D eigenvalue weighted by atomic mass is 79.9. The SMILES string of the molecule is C=CC(=O)Nc1cc(C(F)(F)F)ccc1Br. The number of carbonyl (C=O) groups is 1. The molecular formula is C10H7BrF3NO. The molecule has 0 spiro atoms. The molecule has 0 radical (unpaired) electrons. The Balaban J connectivity index is 3.09. The fraction of sp³-hybridized carbons (Fsp3) is 0.100. The second-order valence-corrected chi connectivity index (χ2v) is 3.74. The van der Waals surface area contributed by atoms with E-state index in [1.54, 1.807) is 0 Å². The summed E-state index contributed by atoms with van der Waals surface area (Å²) < 4.78 is 37.5. The molecule has 0 saturated carbocycles. The molecule has 1 rings (SSSR count). The predicted molar refractivity (Wildman–Crippen MR) is 58.0 cm³/mol. The molecular weight excluding hydrogens is 287 g/mol. The van der Waals surface area contributed by atoms with Crippen LogP contribution in [0.2, 0.25) is 0 Å². The van der Waals surface area contributed by atoms with Crippen LogP contribution in [0.4, 0.5) is 18.9 Å². The van der Waals surface area contributed by atoms with E-state index in [4.69, 9.17) is 0 Å². The van der Waals surface area contributed by atoms with Gasteiger partial charge in [-0.2, -0.15) is 13.2 Å². The third-order valence-corrected chi connectivity index (χ3v) is 2.43. The number of rotatable bonds is 2. The van der Waals surface area contributed by atoms with Crippen molar-refractivity contribution in [3.8, 4) is 0 Å². The molecule has 0 atom stereocenters. The summed E-state index contributed by atoms with van der Waals surface area (Å²) in [6.45, 7) is 3.21. The van der Waals surface area contributed by atoms with Gasteiger partial charge >= 0.3 is 6.18 Å². The van der Waals surface area contributed by atoms with Crippen LogP contribution >= 0.6 is 15.9 Å². The summed E-state index contributed by atoms with van der Waals surface area (Å²) in [5.41, 5.74) is -0.769. The van der Waals surface area contributed by atoms with Gasteiger partial charge in [0.1, 0.15) is 0 Å². The Morgan fingerprint density at radius 1 is 1.44 bits per heavy atom. The van der Waals surface area contributed by atoms with E-state index in [1.165, 1.54) is 6.07 Å². The lowest BCUT2D eigenvalue weighted by molar-refractivity contribution is -0.137. The van der Waals surface area contributed by atoms with Crippen LogP contribution in [-0.4, -0.2) is 5.91 Å². The highest BCUT2D eigenvalue weighted by molar-refractivity contribution is 9.10. The van der Waals surface area contributed by atoms with Crippen LogP contribution in [-0.2, 0) is 11.0 Å². The van der Waals surface area contributed by atoms with Crippen molar-refractivity contribution >= 4 is 27.5 Å². The van der Waals surface area contributed by atoms with Crippen LogP contribution < -0.4 is 5.32 Å². The van der Waals surface area contributed by atoms with E-state index < -0.39 is 17.6 Å². The molecule has 0 fully saturated rings. The zero-order chi connectivity index (χ0) is 12.3. The lowest BCUT2D eigenvalue weighted by atomic mass is 10.2. The molecule has 0 saturated heterocycles. The third-order valence-electron chi connectivity index (χ3n) is 1.74. The number of benzene rings is 1. The van der Waals surface area contributed by atoms with Crippen LogP contribution in [0.15, 0.2) is 35.3 Å². The molecule has 86 valence electrons. The van der Waals surface area contributed by atoms with E-state index in [-0.39, 0.29) is 5.69 Å². The van der Waals surface area contributed by atoms with Gasteiger partial charge in [0.15, 0.2) is 0 Å². The van der Waals surface area contributed by atoms with E-state index in [2.05, 4.69) is 27.8 Å². The standard InChI is InChI=1S/C10H7BrF3NO/c1-2-9(16)15-8-5-6(10(12,13)14)3-4-7(8)11/h2-5H,1H2,(H,15,16). The van der Waals surface area contributed by atoms with Crippen molar-refractivity contribution < 1.29 is 18.0 Å². The highest BCUT2D eigenvalue weighted by Crippen LogP contribution is 2.33. The Labute approximate surface area is 98.3 Å². The first-order valence-electron chi connectivity index (χ1n) is 4.15. The van der Waals surface area contributed by atoms with Gasteiger partial charge in [-0.25, -0.2) is 0 Å². The summed E-state index contributed by atoms with van der Waals surface area (Å²) in [5, 5.41) is 2.27. The van der Waals surface area contributed by atoms with Crippen molar-refractivity contribution in [3.05, 3.63) is 40.9 Å². The zero-order valence-corrected chi connectivity index (χ0v) is 9.52. The van der Waals surface area contributed by atoms with Crippen molar-refractivity contribution in [2.45, 2.75) is 6.18 Å². The zero-order valence-electron chi connectivity index (χ0n) is 7.94. The lowest BCUT2D eigenvalue weighted by Crippen LogP contribution is -2.10. The number of carbonyl (C=O) groups excluding carboxylic acids is 1. The molecule has 0 aliphatic carbocycles. The summed E-state index contributed by atoms with van der Waals surface area (Å²) in [4.78, 5) is 11.0. The van der Waals surface area contributed by atoms with Crippen LogP contribution in [0, 0.1) is 0 Å². The van der Waals surface area contributed by atoms with E-state index in [0.29, 0.717) is 4.47 Å². The van der Waals surface area contributed by atoms with E-state index >= 15 is 0 Å². The maximum absolute atomic E-state index is 12.4. The van der Waals surface area contributed by atoms with E-state index in [1.807, 2.05) is 0 Å². The minimum Gasteiger partial charge on any atom is -0.321 e. The van der Waals surface area contributed by atoms with Crippen LogP contribution in [0.1, 0.15) is 5.56 Å². The predicted octanol–water partition coefficient (Wildman–Crippen LogP) is 3.59. The van der Waals surface area contributed by atoms with Gasteiger partial charge in [-0.05, 0) is 40.2 Å². The summed E-state index contributed by atoms with van der Waals surface area (Å²) in [6, 6.07) is 3.00. The van der Waals surface area contributed by atoms with Gasteiger partial charge in [-0.1, -0.05) is 6.58 Å². The molecule has 1 aromatic rings. The molecule has 0 aliphatic rings. The van der Waals surface area contributed by atoms with Crippen LogP contribution in [0.25, 0.3) is 0 Å². The van der Waals surface area contributed by atoms with Gasteiger partial charge in [-0.15, -0.1) is 0 Å². The first-order chi connectivity index (χ1) is 7.34. The Morgan fingerprint density at radius 2 is 2.06 bits per heavy atom. The topological polar surface area (TPSA) is 29.1 Å². The van der Waals surface area contributed by atoms with Gasteiger partial charge in [0, 0.05) is 4.47 Å². The average molecular weight is 294 g/mol. The van der Waals surface area contributed by atoms with Gasteiger partial charge in [0.2, 0.25) is 5.91 Å². The largest absolute Gasteiger partial charge is 0.416 e. The first kappa shape index (κ1) is 12.8. The van der Waals surface area contributed by atoms with Crippen molar-refractivity contribution in [2.24, 2.45) is 0 Å². The fourth-order valence-corrected chi connectivity index (χ4v) is 1.33. The Kier molecular flexibility index (Phi) is 3.74. The minimum absolute atomic E-state index is 0.0553. The maximum atomic E-state index is 12.4. The number of hydrogen-bond acceptors (Lipinski definition) is 1. The number of halogens is 4. The third kappa shape index (κ3) is 3.10. The normalized spacial score (nSPS) is 11.0. The van der Waals surface area contributed by atoms with Gasteiger partial charge < -0.3 is 5.32 Å². The van der Waals surface area contributed by atoms with Gasteiger partial charge in [-0.3, -0.25) is 4.79 Å². The molecule has 16 heavy (non-hydrogen) atoms. The molecule has 0 bridgehead atoms. The van der Waals surface area contributed by atoms with E-state index in [0.717, 1.165) is 18.2 Å². The maximum Gasteiger partial charge on any atom is 0.416 e. The van der Waals surface area contributed by atoms with Crippen LogP contribution in [0.5, 0.6) is 0 Å². The quantitative estimate of drug-likeness (QED) is 0.830. The average Bonchev–Trinajstić information content (AvgIpc) is 2.19. The molecule has 1 amide bonds. The number of hydrogen-bond donors (Lipinski definition) is 1. The summed E-state index contributed by atoms with van der Waals surface area (Å²) in [6.07, 6.45) is -3.46. The molecule has 0 heterocycles.